The number of hydrogen-bond acceptors (Lipinski definition) is 8. The van der Waals surface area contributed by atoms with Crippen molar-refractivity contribution in [3.8, 4) is 6.07 Å². The molecule has 0 saturated carbocycles. The smallest absolute Gasteiger partial charge is 0.250 e. The summed E-state index contributed by atoms with van der Waals surface area (Å²) in [4.78, 5) is 31.6. The van der Waals surface area contributed by atoms with E-state index in [2.05, 4.69) is 21.9 Å². The first-order valence-corrected chi connectivity index (χ1v) is 9.44. The molecule has 30 heavy (non-hydrogen) atoms. The van der Waals surface area contributed by atoms with E-state index in [1.165, 1.54) is 6.92 Å². The predicted molar refractivity (Wildman–Crippen MR) is 105 cm³/mol. The molecule has 4 heterocycles. The minimum Gasteiger partial charge on any atom is -0.458 e. The average Bonchev–Trinajstić information content (AvgIpc) is 3.27. The third-order valence-electron chi connectivity index (χ3n) is 6.06. The number of hydrazine groups is 1. The van der Waals surface area contributed by atoms with Gasteiger partial charge in [-0.3, -0.25) is 14.6 Å². The van der Waals surface area contributed by atoms with Gasteiger partial charge in [0.05, 0.1) is 17.6 Å². The molecule has 1 spiro atoms. The first kappa shape index (κ1) is 18.3. The highest BCUT2D eigenvalue weighted by Crippen LogP contribution is 2.58. The number of benzene rings is 1. The van der Waals surface area contributed by atoms with E-state index in [-0.39, 0.29) is 11.5 Å². The van der Waals surface area contributed by atoms with Gasteiger partial charge in [0, 0.05) is 19.3 Å². The van der Waals surface area contributed by atoms with Crippen molar-refractivity contribution in [1.82, 2.24) is 15.8 Å². The van der Waals surface area contributed by atoms with Crippen LogP contribution in [0.4, 0.5) is 5.69 Å². The molecule has 1 aromatic heterocycles. The molecule has 0 radical (unpaired) electrons. The molecule has 2 amide bonds. The molecular weight excluding hydrogens is 384 g/mol. The lowest BCUT2D eigenvalue weighted by Crippen LogP contribution is -2.56. The quantitative estimate of drug-likeness (QED) is 0.636. The summed E-state index contributed by atoms with van der Waals surface area (Å²) >= 11 is 0. The molecule has 150 valence electrons. The Kier molecular flexibility index (Phi) is 3.89. The van der Waals surface area contributed by atoms with Crippen LogP contribution in [0.1, 0.15) is 24.1 Å². The van der Waals surface area contributed by atoms with E-state index in [0.717, 1.165) is 10.5 Å². The largest absolute Gasteiger partial charge is 0.458 e. The van der Waals surface area contributed by atoms with Crippen LogP contribution in [0, 0.1) is 17.2 Å². The van der Waals surface area contributed by atoms with Crippen molar-refractivity contribution in [1.29, 1.82) is 5.26 Å². The van der Waals surface area contributed by atoms with E-state index in [0.29, 0.717) is 11.3 Å². The van der Waals surface area contributed by atoms with Gasteiger partial charge in [-0.25, -0.2) is 15.8 Å². The van der Waals surface area contributed by atoms with Crippen LogP contribution in [0.2, 0.25) is 0 Å². The van der Waals surface area contributed by atoms with Gasteiger partial charge in [-0.05, 0) is 29.3 Å². The number of fused-ring (bicyclic) bond motifs is 4. The molecule has 5 rings (SSSR count). The van der Waals surface area contributed by atoms with Crippen LogP contribution in [0.15, 0.2) is 60.2 Å². The SMILES string of the molecule is CC(=O)N1C(=O)C2(C(C#N)=C(N)OC3NNC(c4ccncc4)C32)c2ccccc21. The number of nitrogens with zero attached hydrogens (tertiary/aromatic N) is 3. The van der Waals surface area contributed by atoms with Gasteiger partial charge in [-0.2, -0.15) is 5.26 Å². The van der Waals surface area contributed by atoms with Crippen molar-refractivity contribution in [2.24, 2.45) is 11.7 Å². The number of ether oxygens (including phenoxy) is 1. The summed E-state index contributed by atoms with van der Waals surface area (Å²) in [7, 11) is 0. The minimum atomic E-state index is -1.48. The fourth-order valence-electron chi connectivity index (χ4n) is 4.95. The van der Waals surface area contributed by atoms with Crippen LogP contribution < -0.4 is 21.5 Å². The summed E-state index contributed by atoms with van der Waals surface area (Å²) in [6.07, 6.45) is 2.62. The van der Waals surface area contributed by atoms with Gasteiger partial charge in [0.2, 0.25) is 11.8 Å². The number of hydrogen-bond donors (Lipinski definition) is 3. The van der Waals surface area contributed by atoms with Crippen LogP contribution in [0.25, 0.3) is 0 Å². The van der Waals surface area contributed by atoms with E-state index in [1.54, 1.807) is 36.7 Å². The molecule has 4 unspecified atom stereocenters. The maximum absolute atomic E-state index is 14.0. The maximum Gasteiger partial charge on any atom is 0.250 e. The molecule has 0 bridgehead atoms. The number of anilines is 1. The zero-order valence-electron chi connectivity index (χ0n) is 16.0. The van der Waals surface area contributed by atoms with Crippen LogP contribution >= 0.6 is 0 Å². The summed E-state index contributed by atoms with van der Waals surface area (Å²) in [5.41, 5.74) is 12.8. The fraction of sp³-hybridized carbons (Fsp3) is 0.238. The highest BCUT2D eigenvalue weighted by Gasteiger charge is 2.67. The van der Waals surface area contributed by atoms with Gasteiger partial charge in [-0.1, -0.05) is 18.2 Å². The second-order valence-corrected chi connectivity index (χ2v) is 7.45. The molecule has 3 aliphatic rings. The second-order valence-electron chi connectivity index (χ2n) is 7.45. The van der Waals surface area contributed by atoms with Crippen molar-refractivity contribution in [2.45, 2.75) is 24.6 Å². The average molecular weight is 402 g/mol. The Balaban J connectivity index is 1.83. The van der Waals surface area contributed by atoms with Gasteiger partial charge in [0.15, 0.2) is 6.23 Å². The Morgan fingerprint density at radius 2 is 2.00 bits per heavy atom. The maximum atomic E-state index is 14.0. The third kappa shape index (κ3) is 2.14. The summed E-state index contributed by atoms with van der Waals surface area (Å²) in [6, 6.07) is 12.4. The van der Waals surface area contributed by atoms with Crippen LogP contribution in [-0.4, -0.2) is 23.0 Å². The Bertz CT molecular complexity index is 1140. The number of carbonyl (C=O) groups excluding carboxylic acids is 2. The molecule has 3 aliphatic heterocycles. The molecule has 1 fully saturated rings. The Morgan fingerprint density at radius 1 is 1.27 bits per heavy atom. The van der Waals surface area contributed by atoms with Crippen molar-refractivity contribution >= 4 is 17.5 Å². The highest BCUT2D eigenvalue weighted by atomic mass is 16.5. The molecule has 1 aromatic carbocycles. The first-order valence-electron chi connectivity index (χ1n) is 9.44. The van der Waals surface area contributed by atoms with Crippen molar-refractivity contribution in [3.63, 3.8) is 0 Å². The molecule has 9 nitrogen and oxygen atoms in total. The number of amides is 2. The third-order valence-corrected chi connectivity index (χ3v) is 6.06. The fourth-order valence-corrected chi connectivity index (χ4v) is 4.95. The Morgan fingerprint density at radius 3 is 2.70 bits per heavy atom. The lowest BCUT2D eigenvalue weighted by atomic mass is 9.62. The Hall–Kier alpha value is -3.74. The lowest BCUT2D eigenvalue weighted by Gasteiger charge is -2.42. The van der Waals surface area contributed by atoms with Gasteiger partial charge in [0.1, 0.15) is 17.1 Å². The van der Waals surface area contributed by atoms with E-state index >= 15 is 0 Å². The van der Waals surface area contributed by atoms with Crippen LogP contribution in [-0.2, 0) is 19.7 Å². The zero-order valence-corrected chi connectivity index (χ0v) is 16.0. The topological polar surface area (TPSA) is 133 Å². The molecule has 2 aromatic rings. The number of nitrogens with two attached hydrogens (primary N) is 1. The Labute approximate surface area is 172 Å². The van der Waals surface area contributed by atoms with Crippen molar-refractivity contribution in [3.05, 3.63) is 71.4 Å². The van der Waals surface area contributed by atoms with Gasteiger partial charge >= 0.3 is 0 Å². The van der Waals surface area contributed by atoms with E-state index < -0.39 is 35.4 Å². The van der Waals surface area contributed by atoms with Gasteiger partial charge in [0.25, 0.3) is 5.91 Å². The molecule has 4 atom stereocenters. The number of nitriles is 1. The number of imide groups is 1. The van der Waals surface area contributed by atoms with Crippen LogP contribution in [0.3, 0.4) is 0 Å². The predicted octanol–water partition coefficient (Wildman–Crippen LogP) is 0.728. The monoisotopic (exact) mass is 402 g/mol. The van der Waals surface area contributed by atoms with Crippen LogP contribution in [0.5, 0.6) is 0 Å². The van der Waals surface area contributed by atoms with Gasteiger partial charge < -0.3 is 10.5 Å². The lowest BCUT2D eigenvalue weighted by molar-refractivity contribution is -0.131. The summed E-state index contributed by atoms with van der Waals surface area (Å²) in [5, 5.41) is 10.1. The number of nitrogens with one attached hydrogen (secondary N) is 2. The first-order chi connectivity index (χ1) is 14.5. The van der Waals surface area contributed by atoms with E-state index in [9.17, 15) is 14.9 Å². The summed E-state index contributed by atoms with van der Waals surface area (Å²) in [6.45, 7) is 1.33. The number of carbonyl (C=O) groups is 2. The van der Waals surface area contributed by atoms with Crippen molar-refractivity contribution < 1.29 is 14.3 Å². The molecule has 9 heteroatoms. The zero-order chi connectivity index (χ0) is 21.0. The minimum absolute atomic E-state index is 0.00880. The molecule has 1 saturated heterocycles. The molecular formula is C21H18N6O3. The number of aromatic nitrogens is 1. The number of para-hydroxylation sites is 1. The number of rotatable bonds is 1. The van der Waals surface area contributed by atoms with Crippen molar-refractivity contribution in [2.75, 3.05) is 4.90 Å². The normalized spacial score (nSPS) is 29.4. The highest BCUT2D eigenvalue weighted by molar-refractivity contribution is 6.24. The second kappa shape index (κ2) is 6.38. The van der Waals surface area contributed by atoms with E-state index in [1.807, 2.05) is 12.1 Å². The number of pyridine rings is 1. The van der Waals surface area contributed by atoms with E-state index in [4.69, 9.17) is 10.5 Å². The standard InChI is InChI=1S/C21H18N6O3/c1-11(28)27-15-5-3-2-4-13(15)21(20(27)29)14(10-22)18(23)30-19-16(21)17(25-26-19)12-6-8-24-9-7-12/h2-9,16-17,19,25-26H,23H2,1H3. The molecule has 0 aliphatic carbocycles. The summed E-state index contributed by atoms with van der Waals surface area (Å²) in [5.74, 6) is -1.64. The van der Waals surface area contributed by atoms with Gasteiger partial charge in [-0.15, -0.1) is 0 Å². The molecule has 4 N–H and O–H groups in total. The summed E-state index contributed by atoms with van der Waals surface area (Å²) < 4.78 is 5.80.